The van der Waals surface area contributed by atoms with Crippen LogP contribution in [0.1, 0.15) is 12.5 Å². The van der Waals surface area contributed by atoms with Gasteiger partial charge in [0.15, 0.2) is 0 Å². The molecule has 0 aromatic heterocycles. The highest BCUT2D eigenvalue weighted by Crippen LogP contribution is 2.27. The van der Waals surface area contributed by atoms with E-state index >= 15 is 0 Å². The maximum Gasteiger partial charge on any atom is 0.411 e. The number of hydrogen-bond acceptors (Lipinski definition) is 14. The highest BCUT2D eigenvalue weighted by Gasteiger charge is 2.40. The number of anilines is 2. The number of aryl methyl sites for hydroxylation is 1. The van der Waals surface area contributed by atoms with E-state index in [1.54, 1.807) is 19.1 Å². The topological polar surface area (TPSA) is 208 Å². The van der Waals surface area contributed by atoms with Crippen molar-refractivity contribution in [1.29, 1.82) is 0 Å². The molecule has 0 heterocycles. The van der Waals surface area contributed by atoms with Crippen molar-refractivity contribution in [3.63, 3.8) is 0 Å². The highest BCUT2D eigenvalue weighted by atomic mass is 16.6. The Bertz CT molecular complexity index is 1420. The quantitative estimate of drug-likeness (QED) is 0.0949. The predicted octanol–water partition coefficient (Wildman–Crippen LogP) is 3.14. The van der Waals surface area contributed by atoms with Gasteiger partial charge in [0.25, 0.3) is 0 Å². The number of rotatable bonds is 23. The van der Waals surface area contributed by atoms with Gasteiger partial charge in [0, 0.05) is 48.7 Å². The van der Waals surface area contributed by atoms with Gasteiger partial charge in [-0.05, 0) is 24.6 Å². The zero-order chi connectivity index (χ0) is 38.5. The lowest BCUT2D eigenvalue weighted by Crippen LogP contribution is -2.47. The van der Waals surface area contributed by atoms with Crippen molar-refractivity contribution >= 4 is 53.2 Å². The van der Waals surface area contributed by atoms with Crippen LogP contribution in [0, 0.1) is 17.8 Å². The summed E-state index contributed by atoms with van der Waals surface area (Å²) in [5.41, 5.74) is -1.73. The molecular formula is C35H42N2O14. The van der Waals surface area contributed by atoms with Crippen LogP contribution < -0.4 is 10.6 Å². The first-order chi connectivity index (χ1) is 24.2. The minimum Gasteiger partial charge on any atom is -0.462 e. The van der Waals surface area contributed by atoms with Gasteiger partial charge >= 0.3 is 35.9 Å². The van der Waals surface area contributed by atoms with E-state index in [0.29, 0.717) is 5.69 Å². The molecule has 0 radical (unpaired) electrons. The number of esters is 5. The molecule has 51 heavy (non-hydrogen) atoms. The van der Waals surface area contributed by atoms with E-state index in [1.165, 1.54) is 13.0 Å². The molecule has 2 N–H and O–H groups in total. The molecule has 16 heteroatoms. The Morgan fingerprint density at radius 2 is 0.922 bits per heavy atom. The van der Waals surface area contributed by atoms with Crippen molar-refractivity contribution in [3.8, 4) is 0 Å². The van der Waals surface area contributed by atoms with Crippen molar-refractivity contribution in [2.24, 2.45) is 10.8 Å². The van der Waals surface area contributed by atoms with Gasteiger partial charge in [0.2, 0.25) is 5.91 Å². The zero-order valence-corrected chi connectivity index (χ0v) is 28.5. The van der Waals surface area contributed by atoms with E-state index in [0.717, 1.165) is 35.9 Å². The van der Waals surface area contributed by atoms with Crippen molar-refractivity contribution in [3.05, 3.63) is 87.0 Å². The first-order valence-electron chi connectivity index (χ1n) is 15.0. The van der Waals surface area contributed by atoms with Crippen molar-refractivity contribution in [1.82, 2.24) is 0 Å². The average Bonchev–Trinajstić information content (AvgIpc) is 3.12. The largest absolute Gasteiger partial charge is 0.462 e. The van der Waals surface area contributed by atoms with Crippen LogP contribution in [0.5, 0.6) is 0 Å². The van der Waals surface area contributed by atoms with Gasteiger partial charge in [-0.1, -0.05) is 39.0 Å². The third-order valence-corrected chi connectivity index (χ3v) is 6.56. The van der Waals surface area contributed by atoms with E-state index < -0.39 is 99.6 Å². The van der Waals surface area contributed by atoms with Crippen LogP contribution in [0.3, 0.4) is 0 Å². The molecule has 1 aromatic carbocycles. The smallest absolute Gasteiger partial charge is 0.411 e. The van der Waals surface area contributed by atoms with Crippen molar-refractivity contribution in [2.75, 3.05) is 63.5 Å². The molecule has 0 aliphatic heterocycles. The first-order valence-corrected chi connectivity index (χ1v) is 15.0. The number of hydrogen-bond donors (Lipinski definition) is 2. The summed E-state index contributed by atoms with van der Waals surface area (Å²) in [4.78, 5) is 84.7. The molecule has 2 amide bonds. The number of nitrogens with one attached hydrogen (secondary N) is 2. The molecule has 0 saturated carbocycles. The fourth-order valence-corrected chi connectivity index (χ4v) is 3.80. The van der Waals surface area contributed by atoms with Crippen LogP contribution in [0.25, 0.3) is 0 Å². The van der Waals surface area contributed by atoms with Gasteiger partial charge in [0.05, 0.1) is 24.0 Å². The van der Waals surface area contributed by atoms with Gasteiger partial charge in [-0.15, -0.1) is 0 Å². The number of benzene rings is 1. The van der Waals surface area contributed by atoms with Crippen LogP contribution in [-0.2, 0) is 61.9 Å². The van der Waals surface area contributed by atoms with E-state index in [1.807, 2.05) is 0 Å². The predicted molar refractivity (Wildman–Crippen MR) is 182 cm³/mol. The monoisotopic (exact) mass is 714 g/mol. The maximum absolute atomic E-state index is 13.0. The molecule has 0 atom stereocenters. The van der Waals surface area contributed by atoms with Crippen molar-refractivity contribution in [2.45, 2.75) is 13.8 Å². The Morgan fingerprint density at radius 3 is 1.25 bits per heavy atom. The second-order valence-corrected chi connectivity index (χ2v) is 11.0. The third kappa shape index (κ3) is 16.3. The minimum atomic E-state index is -1.61. The maximum atomic E-state index is 13.0. The van der Waals surface area contributed by atoms with E-state index in [4.69, 9.17) is 33.2 Å². The summed E-state index contributed by atoms with van der Waals surface area (Å²) in [5.74, 6) is -4.65. The van der Waals surface area contributed by atoms with Crippen LogP contribution in [0.2, 0.25) is 0 Å². The van der Waals surface area contributed by atoms with Crippen LogP contribution in [0.15, 0.2) is 81.5 Å². The summed E-state index contributed by atoms with van der Waals surface area (Å²) < 4.78 is 37.5. The standard InChI is InChI=1S/C35H42N2O14/c1-8-28(39)46-18-34(19-47-29(40)9-2,20-48-30(41)10-3)16-45-17-35(21-49-31(42)11-4,22-50-32(43)12-5)23-51-33(44)37-26-14-13-24(6)27(15-26)36-25(7)38/h8-15H,1-5,16-23H2,6-7H3,(H,36,38)(H,37,44). The van der Waals surface area contributed by atoms with Gasteiger partial charge in [0.1, 0.15) is 39.6 Å². The van der Waals surface area contributed by atoms with Crippen LogP contribution in [0.4, 0.5) is 16.2 Å². The minimum absolute atomic E-state index is 0.259. The van der Waals surface area contributed by atoms with Gasteiger partial charge < -0.3 is 38.5 Å². The molecule has 0 unspecified atom stereocenters. The lowest BCUT2D eigenvalue weighted by atomic mass is 9.90. The molecule has 0 saturated heterocycles. The molecule has 0 fully saturated rings. The van der Waals surface area contributed by atoms with Crippen LogP contribution in [-0.4, -0.2) is 94.7 Å². The third-order valence-electron chi connectivity index (χ3n) is 6.56. The number of amides is 2. The summed E-state index contributed by atoms with van der Waals surface area (Å²) in [6.07, 6.45) is 3.40. The van der Waals surface area contributed by atoms with Gasteiger partial charge in [-0.25, -0.2) is 28.8 Å². The molecule has 16 nitrogen and oxygen atoms in total. The Labute approximate surface area is 295 Å². The molecule has 1 rings (SSSR count). The first kappa shape index (κ1) is 43.0. The fourth-order valence-electron chi connectivity index (χ4n) is 3.80. The summed E-state index contributed by atoms with van der Waals surface area (Å²) in [7, 11) is 0. The summed E-state index contributed by atoms with van der Waals surface area (Å²) in [6, 6.07) is 4.72. The van der Waals surface area contributed by atoms with Crippen LogP contribution >= 0.6 is 0 Å². The van der Waals surface area contributed by atoms with Crippen molar-refractivity contribution < 1.29 is 66.7 Å². The van der Waals surface area contributed by atoms with Gasteiger partial charge in [-0.3, -0.25) is 10.1 Å². The molecular weight excluding hydrogens is 672 g/mol. The molecule has 0 spiro atoms. The Kier molecular flexibility index (Phi) is 18.4. The molecule has 1 aromatic rings. The van der Waals surface area contributed by atoms with E-state index in [9.17, 15) is 33.6 Å². The van der Waals surface area contributed by atoms with E-state index in [-0.39, 0.29) is 11.6 Å². The van der Waals surface area contributed by atoms with Gasteiger partial charge in [-0.2, -0.15) is 0 Å². The second-order valence-electron chi connectivity index (χ2n) is 11.0. The molecule has 0 bridgehead atoms. The fraction of sp³-hybridized carbons (Fsp3) is 0.343. The van der Waals surface area contributed by atoms with E-state index in [2.05, 4.69) is 43.5 Å². The molecule has 0 aliphatic rings. The summed E-state index contributed by atoms with van der Waals surface area (Å²) in [6.45, 7) is 15.5. The average molecular weight is 715 g/mol. The lowest BCUT2D eigenvalue weighted by Gasteiger charge is -2.35. The normalized spacial score (nSPS) is 10.6. The number of carbonyl (C=O) groups excluding carboxylic acids is 7. The molecule has 0 aliphatic carbocycles. The summed E-state index contributed by atoms with van der Waals surface area (Å²) >= 11 is 0. The SMILES string of the molecule is C=CC(=O)OCC(COCC(COC(=O)C=C)(COC(=O)C=C)COC(=O)Nc1ccc(C)c(NC(C)=O)c1)(COC(=O)C=C)COC(=O)C=C. The summed E-state index contributed by atoms with van der Waals surface area (Å²) in [5, 5.41) is 5.16. The second kappa shape index (κ2) is 21.8. The Hall–Kier alpha value is -6.03. The lowest BCUT2D eigenvalue weighted by molar-refractivity contribution is -0.166. The zero-order valence-electron chi connectivity index (χ0n) is 28.5. The molecule has 276 valence electrons. The Balaban J connectivity index is 3.45. The number of ether oxygens (including phenoxy) is 7. The Morgan fingerprint density at radius 1 is 0.569 bits per heavy atom. The number of carbonyl (C=O) groups is 7. The highest BCUT2D eigenvalue weighted by molar-refractivity contribution is 5.92.